The van der Waals surface area contributed by atoms with Crippen molar-refractivity contribution < 1.29 is 4.79 Å². The molecule has 0 saturated heterocycles. The van der Waals surface area contributed by atoms with Gasteiger partial charge in [-0.25, -0.2) is 0 Å². The average Bonchev–Trinajstić information content (AvgIpc) is 2.99. The van der Waals surface area contributed by atoms with Gasteiger partial charge in [0, 0.05) is 22.7 Å². The first-order chi connectivity index (χ1) is 10.3. The second-order valence-corrected chi connectivity index (χ2v) is 7.39. The maximum Gasteiger partial charge on any atom is 0.239 e. The number of nitrogens with zero attached hydrogens (tertiary/aromatic N) is 1. The summed E-state index contributed by atoms with van der Waals surface area (Å²) in [6.07, 6.45) is 5.95. The molecule has 1 aliphatic heterocycles. The van der Waals surface area contributed by atoms with Crippen LogP contribution in [0.25, 0.3) is 0 Å². The van der Waals surface area contributed by atoms with E-state index in [4.69, 9.17) is 0 Å². The molecule has 0 radical (unpaired) electrons. The summed E-state index contributed by atoms with van der Waals surface area (Å²) < 4.78 is 0. The number of para-hydroxylation sites is 1. The number of benzene rings is 1. The monoisotopic (exact) mass is 304 g/mol. The lowest BCUT2D eigenvalue weighted by Crippen LogP contribution is -2.44. The zero-order valence-electron chi connectivity index (χ0n) is 12.7. The van der Waals surface area contributed by atoms with Gasteiger partial charge in [-0.2, -0.15) is 0 Å². The number of thioether (sulfide) groups is 1. The van der Waals surface area contributed by atoms with E-state index in [2.05, 4.69) is 41.4 Å². The van der Waals surface area contributed by atoms with Crippen LogP contribution in [0.5, 0.6) is 0 Å². The molecule has 1 atom stereocenters. The van der Waals surface area contributed by atoms with Crippen LogP contribution in [0.3, 0.4) is 0 Å². The minimum atomic E-state index is 0.179. The van der Waals surface area contributed by atoms with E-state index in [0.29, 0.717) is 17.8 Å². The number of carbonyl (C=O) groups excluding carboxylic acids is 1. The lowest BCUT2D eigenvalue weighted by molar-refractivity contribution is -0.120. The first kappa shape index (κ1) is 14.8. The summed E-state index contributed by atoms with van der Waals surface area (Å²) in [5.41, 5.74) is 1.22. The summed E-state index contributed by atoms with van der Waals surface area (Å²) >= 11 is 1.95. The van der Waals surface area contributed by atoms with Gasteiger partial charge in [0.15, 0.2) is 0 Å². The van der Waals surface area contributed by atoms with Gasteiger partial charge in [0.05, 0.1) is 12.2 Å². The van der Waals surface area contributed by atoms with Crippen LogP contribution < -0.4 is 10.2 Å². The fourth-order valence-corrected chi connectivity index (χ4v) is 4.51. The Balaban J connectivity index is 1.67. The number of amides is 1. The molecule has 1 aliphatic carbocycles. The Hall–Kier alpha value is -1.16. The molecule has 3 nitrogen and oxygen atoms in total. The van der Waals surface area contributed by atoms with E-state index in [0.717, 1.165) is 25.8 Å². The topological polar surface area (TPSA) is 32.3 Å². The maximum absolute atomic E-state index is 12.3. The molecular weight excluding hydrogens is 280 g/mol. The number of fused-ring (bicyclic) bond motifs is 1. The first-order valence-electron chi connectivity index (χ1n) is 8.06. The SMILES string of the molecule is CC[C@H]1CN(CC(=O)NC2CCCC2)c2ccccc2S1. The number of hydrogen-bond acceptors (Lipinski definition) is 3. The van der Waals surface area contributed by atoms with E-state index >= 15 is 0 Å². The van der Waals surface area contributed by atoms with Crippen molar-refractivity contribution in [3.63, 3.8) is 0 Å². The van der Waals surface area contributed by atoms with E-state index in [1.165, 1.54) is 23.4 Å². The predicted molar refractivity (Wildman–Crippen MR) is 89.0 cm³/mol. The lowest BCUT2D eigenvalue weighted by Gasteiger charge is -2.35. The highest BCUT2D eigenvalue weighted by atomic mass is 32.2. The number of rotatable bonds is 4. The second kappa shape index (κ2) is 6.73. The Morgan fingerprint density at radius 3 is 2.86 bits per heavy atom. The van der Waals surface area contributed by atoms with Crippen LogP contribution in [-0.4, -0.2) is 30.3 Å². The van der Waals surface area contributed by atoms with E-state index in [1.54, 1.807) is 0 Å². The van der Waals surface area contributed by atoms with E-state index in [-0.39, 0.29) is 5.91 Å². The summed E-state index contributed by atoms with van der Waals surface area (Å²) in [7, 11) is 0. The summed E-state index contributed by atoms with van der Waals surface area (Å²) in [5, 5.41) is 3.78. The third kappa shape index (κ3) is 3.54. The average molecular weight is 304 g/mol. The van der Waals surface area contributed by atoms with Gasteiger partial charge in [0.1, 0.15) is 0 Å². The molecule has 21 heavy (non-hydrogen) atoms. The fourth-order valence-electron chi connectivity index (χ4n) is 3.26. The van der Waals surface area contributed by atoms with E-state index in [9.17, 15) is 4.79 Å². The maximum atomic E-state index is 12.3. The molecule has 0 unspecified atom stereocenters. The van der Waals surface area contributed by atoms with Gasteiger partial charge >= 0.3 is 0 Å². The van der Waals surface area contributed by atoms with Crippen LogP contribution in [0.1, 0.15) is 39.0 Å². The first-order valence-corrected chi connectivity index (χ1v) is 8.94. The second-order valence-electron chi connectivity index (χ2n) is 6.05. The minimum absolute atomic E-state index is 0.179. The number of nitrogens with one attached hydrogen (secondary N) is 1. The van der Waals surface area contributed by atoms with Crippen LogP contribution in [0.15, 0.2) is 29.2 Å². The molecule has 4 heteroatoms. The van der Waals surface area contributed by atoms with Crippen molar-refractivity contribution in [3.8, 4) is 0 Å². The Labute approximate surface area is 131 Å². The number of carbonyl (C=O) groups is 1. The molecule has 3 rings (SSSR count). The molecule has 1 saturated carbocycles. The van der Waals surface area contributed by atoms with Gasteiger partial charge in [-0.3, -0.25) is 4.79 Å². The molecule has 1 aromatic carbocycles. The summed E-state index contributed by atoms with van der Waals surface area (Å²) in [5.74, 6) is 0.179. The van der Waals surface area contributed by atoms with Crippen molar-refractivity contribution in [2.75, 3.05) is 18.0 Å². The third-order valence-electron chi connectivity index (χ3n) is 4.43. The Morgan fingerprint density at radius 2 is 2.10 bits per heavy atom. The van der Waals surface area contributed by atoms with Crippen molar-refractivity contribution in [3.05, 3.63) is 24.3 Å². The van der Waals surface area contributed by atoms with Crippen molar-refractivity contribution in [1.29, 1.82) is 0 Å². The van der Waals surface area contributed by atoms with Gasteiger partial charge in [-0.1, -0.05) is 31.9 Å². The predicted octanol–water partition coefficient (Wildman–Crippen LogP) is 3.44. The molecule has 1 N–H and O–H groups in total. The molecule has 114 valence electrons. The molecule has 0 bridgehead atoms. The van der Waals surface area contributed by atoms with Gasteiger partial charge in [0.2, 0.25) is 5.91 Å². The molecule has 0 spiro atoms. The van der Waals surface area contributed by atoms with Crippen LogP contribution in [0.2, 0.25) is 0 Å². The molecule has 0 aromatic heterocycles. The molecule has 2 aliphatic rings. The van der Waals surface area contributed by atoms with Crippen molar-refractivity contribution >= 4 is 23.4 Å². The standard InChI is InChI=1S/C17H24N2OS/c1-2-14-11-19(15-9-5-6-10-16(15)21-14)12-17(20)18-13-7-3-4-8-13/h5-6,9-10,13-14H,2-4,7-8,11-12H2,1H3,(H,18,20)/t14-/m0/s1. The molecular formula is C17H24N2OS. The smallest absolute Gasteiger partial charge is 0.239 e. The highest BCUT2D eigenvalue weighted by Gasteiger charge is 2.26. The van der Waals surface area contributed by atoms with E-state index < -0.39 is 0 Å². The van der Waals surface area contributed by atoms with Gasteiger partial charge in [0.25, 0.3) is 0 Å². The largest absolute Gasteiger partial charge is 0.360 e. The Kier molecular flexibility index (Phi) is 4.73. The van der Waals surface area contributed by atoms with E-state index in [1.807, 2.05) is 11.8 Å². The van der Waals surface area contributed by atoms with Crippen molar-refractivity contribution in [2.24, 2.45) is 0 Å². The van der Waals surface area contributed by atoms with Crippen LogP contribution in [0.4, 0.5) is 5.69 Å². The fraction of sp³-hybridized carbons (Fsp3) is 0.588. The summed E-state index contributed by atoms with van der Waals surface area (Å²) in [6.45, 7) is 3.68. The zero-order chi connectivity index (χ0) is 14.7. The number of anilines is 1. The van der Waals surface area contributed by atoms with Crippen LogP contribution >= 0.6 is 11.8 Å². The highest BCUT2D eigenvalue weighted by molar-refractivity contribution is 8.00. The normalized spacial score (nSPS) is 22.1. The van der Waals surface area contributed by atoms with Crippen molar-refractivity contribution in [2.45, 2.75) is 55.2 Å². The quantitative estimate of drug-likeness (QED) is 0.925. The number of hydrogen-bond donors (Lipinski definition) is 1. The molecule has 1 amide bonds. The summed E-state index contributed by atoms with van der Waals surface area (Å²) in [4.78, 5) is 15.9. The third-order valence-corrected chi connectivity index (χ3v) is 5.85. The van der Waals surface area contributed by atoms with Gasteiger partial charge in [-0.05, 0) is 31.4 Å². The Morgan fingerprint density at radius 1 is 1.33 bits per heavy atom. The Bertz CT molecular complexity index is 499. The van der Waals surface area contributed by atoms with Gasteiger partial charge in [-0.15, -0.1) is 11.8 Å². The summed E-state index contributed by atoms with van der Waals surface area (Å²) in [6, 6.07) is 8.86. The molecule has 1 fully saturated rings. The molecule has 1 heterocycles. The van der Waals surface area contributed by atoms with Crippen LogP contribution in [-0.2, 0) is 4.79 Å². The van der Waals surface area contributed by atoms with Crippen molar-refractivity contribution in [1.82, 2.24) is 5.32 Å². The lowest BCUT2D eigenvalue weighted by atomic mass is 10.2. The minimum Gasteiger partial charge on any atom is -0.360 e. The highest BCUT2D eigenvalue weighted by Crippen LogP contribution is 2.39. The van der Waals surface area contributed by atoms with Crippen LogP contribution in [0, 0.1) is 0 Å². The zero-order valence-corrected chi connectivity index (χ0v) is 13.5. The van der Waals surface area contributed by atoms with Gasteiger partial charge < -0.3 is 10.2 Å². The molecule has 1 aromatic rings.